The Hall–Kier alpha value is -2.34. The smallest absolute Gasteiger partial charge is 0.268 e. The van der Waals surface area contributed by atoms with Crippen LogP contribution in [0.5, 0.6) is 5.75 Å². The zero-order chi connectivity index (χ0) is 18.9. The zero-order valence-corrected chi connectivity index (χ0v) is 15.6. The average molecular weight is 375 g/mol. The van der Waals surface area contributed by atoms with Crippen LogP contribution < -0.4 is 0 Å². The summed E-state index contributed by atoms with van der Waals surface area (Å²) in [6, 6.07) is 10.7. The summed E-state index contributed by atoms with van der Waals surface area (Å²) in [7, 11) is -3.84. The molecule has 0 fully saturated rings. The molecule has 26 heavy (non-hydrogen) atoms. The molecule has 0 amide bonds. The highest BCUT2D eigenvalue weighted by Gasteiger charge is 2.23. The zero-order valence-electron chi connectivity index (χ0n) is 14.8. The van der Waals surface area contributed by atoms with Crippen molar-refractivity contribution in [3.8, 4) is 5.75 Å². The first-order chi connectivity index (χ1) is 12.4. The molecular weight excluding hydrogens is 353 g/mol. The number of fused-ring (bicyclic) bond motifs is 1. The van der Waals surface area contributed by atoms with Crippen LogP contribution in [-0.2, 0) is 16.4 Å². The number of phenolic OH excluding ortho intramolecular Hbond substituents is 1. The number of nitrogens with zero attached hydrogens (tertiary/aromatic N) is 1. The highest BCUT2D eigenvalue weighted by Crippen LogP contribution is 2.34. The topological polar surface area (TPSA) is 59.3 Å². The standard InChI is InChI=1S/C20H22FNO3S/c1-3-7-14(2)12-17-16-10-11-22(19(16)13-18(21)20(17)23)26(24,25)15-8-5-4-6-9-15/h4-6,8-11,13-14,23H,3,7,12H2,1-2H3. The largest absolute Gasteiger partial charge is 0.505 e. The first kappa shape index (κ1) is 18.5. The normalized spacial score (nSPS) is 13.2. The number of aromatic hydroxyl groups is 1. The molecule has 1 N–H and O–H groups in total. The van der Waals surface area contributed by atoms with E-state index in [-0.39, 0.29) is 16.3 Å². The summed E-state index contributed by atoms with van der Waals surface area (Å²) in [5.74, 6) is -0.945. The molecule has 3 rings (SSSR count). The van der Waals surface area contributed by atoms with Crippen LogP contribution in [0.25, 0.3) is 10.9 Å². The Morgan fingerprint density at radius 1 is 1.19 bits per heavy atom. The van der Waals surface area contributed by atoms with E-state index in [0.29, 0.717) is 17.4 Å². The monoisotopic (exact) mass is 375 g/mol. The van der Waals surface area contributed by atoms with Crippen molar-refractivity contribution in [2.75, 3.05) is 0 Å². The Morgan fingerprint density at radius 3 is 2.54 bits per heavy atom. The number of benzene rings is 2. The molecule has 3 aromatic rings. The summed E-state index contributed by atoms with van der Waals surface area (Å²) in [4.78, 5) is 0.131. The third-order valence-electron chi connectivity index (χ3n) is 4.62. The molecule has 0 aliphatic heterocycles. The van der Waals surface area contributed by atoms with E-state index in [9.17, 15) is 17.9 Å². The van der Waals surface area contributed by atoms with Gasteiger partial charge in [0, 0.05) is 23.2 Å². The Balaban J connectivity index is 2.18. The minimum absolute atomic E-state index is 0.131. The lowest BCUT2D eigenvalue weighted by atomic mass is 9.94. The number of rotatable bonds is 6. The molecule has 6 heteroatoms. The summed E-state index contributed by atoms with van der Waals surface area (Å²) in [6.45, 7) is 4.11. The number of aromatic nitrogens is 1. The molecule has 1 unspecified atom stereocenters. The fourth-order valence-corrected chi connectivity index (χ4v) is 4.71. The van der Waals surface area contributed by atoms with Crippen molar-refractivity contribution in [2.24, 2.45) is 5.92 Å². The quantitative estimate of drug-likeness (QED) is 0.679. The van der Waals surface area contributed by atoms with Crippen LogP contribution in [0, 0.1) is 11.7 Å². The molecule has 0 aliphatic carbocycles. The van der Waals surface area contributed by atoms with Crippen LogP contribution in [0.4, 0.5) is 4.39 Å². The molecule has 1 aromatic heterocycles. The molecule has 0 saturated carbocycles. The minimum Gasteiger partial charge on any atom is -0.505 e. The van der Waals surface area contributed by atoms with Crippen molar-refractivity contribution in [1.29, 1.82) is 0 Å². The van der Waals surface area contributed by atoms with Gasteiger partial charge in [0.25, 0.3) is 10.0 Å². The van der Waals surface area contributed by atoms with Crippen LogP contribution in [0.1, 0.15) is 32.3 Å². The highest BCUT2D eigenvalue weighted by atomic mass is 32.2. The van der Waals surface area contributed by atoms with Crippen molar-refractivity contribution < 1.29 is 17.9 Å². The fourth-order valence-electron chi connectivity index (χ4n) is 3.35. The molecule has 0 radical (unpaired) electrons. The molecule has 2 aromatic carbocycles. The van der Waals surface area contributed by atoms with Crippen molar-refractivity contribution in [3.63, 3.8) is 0 Å². The number of phenols is 1. The van der Waals surface area contributed by atoms with E-state index in [0.717, 1.165) is 22.9 Å². The van der Waals surface area contributed by atoms with Crippen LogP contribution in [0.15, 0.2) is 53.6 Å². The van der Waals surface area contributed by atoms with Gasteiger partial charge in [-0.15, -0.1) is 0 Å². The third kappa shape index (κ3) is 3.21. The Labute approximate surface area is 152 Å². The Bertz CT molecular complexity index is 1030. The van der Waals surface area contributed by atoms with Crippen molar-refractivity contribution in [1.82, 2.24) is 3.97 Å². The predicted molar refractivity (Wildman–Crippen MR) is 100 cm³/mol. The maximum atomic E-state index is 14.3. The second-order valence-corrected chi connectivity index (χ2v) is 8.46. The molecular formula is C20H22FNO3S. The summed E-state index contributed by atoms with van der Waals surface area (Å²) < 4.78 is 41.3. The lowest BCUT2D eigenvalue weighted by Crippen LogP contribution is -2.12. The lowest BCUT2D eigenvalue weighted by molar-refractivity contribution is 0.419. The van der Waals surface area contributed by atoms with Gasteiger partial charge in [0.15, 0.2) is 11.6 Å². The molecule has 0 aliphatic rings. The molecule has 0 saturated heterocycles. The van der Waals surface area contributed by atoms with Gasteiger partial charge in [-0.3, -0.25) is 0 Å². The van der Waals surface area contributed by atoms with Gasteiger partial charge in [0.05, 0.1) is 10.4 Å². The van der Waals surface area contributed by atoms with Gasteiger partial charge >= 0.3 is 0 Å². The average Bonchev–Trinajstić information content (AvgIpc) is 3.04. The Morgan fingerprint density at radius 2 is 1.88 bits per heavy atom. The van der Waals surface area contributed by atoms with E-state index in [1.807, 2.05) is 6.92 Å². The second kappa shape index (κ2) is 7.11. The highest BCUT2D eigenvalue weighted by molar-refractivity contribution is 7.90. The third-order valence-corrected chi connectivity index (χ3v) is 6.33. The lowest BCUT2D eigenvalue weighted by Gasteiger charge is -2.14. The molecule has 0 spiro atoms. The van der Waals surface area contributed by atoms with Crippen molar-refractivity contribution >= 4 is 20.9 Å². The fraction of sp³-hybridized carbons (Fsp3) is 0.300. The molecule has 138 valence electrons. The minimum atomic E-state index is -3.84. The van der Waals surface area contributed by atoms with E-state index in [2.05, 4.69) is 6.92 Å². The summed E-state index contributed by atoms with van der Waals surface area (Å²) in [5, 5.41) is 10.8. The van der Waals surface area contributed by atoms with Gasteiger partial charge in [-0.05, 0) is 30.5 Å². The van der Waals surface area contributed by atoms with Gasteiger partial charge in [0.2, 0.25) is 0 Å². The van der Waals surface area contributed by atoms with Gasteiger partial charge < -0.3 is 5.11 Å². The molecule has 4 nitrogen and oxygen atoms in total. The van der Waals surface area contributed by atoms with E-state index in [4.69, 9.17) is 0 Å². The number of halogens is 1. The van der Waals surface area contributed by atoms with Crippen molar-refractivity contribution in [2.45, 2.75) is 38.0 Å². The SMILES string of the molecule is CCCC(C)Cc1c(O)c(F)cc2c1ccn2S(=O)(=O)c1ccccc1. The van der Waals surface area contributed by atoms with E-state index < -0.39 is 21.6 Å². The Kier molecular flexibility index (Phi) is 5.05. The maximum absolute atomic E-state index is 14.3. The summed E-state index contributed by atoms with van der Waals surface area (Å²) in [5.41, 5.74) is 0.700. The molecule has 0 bridgehead atoms. The van der Waals surface area contributed by atoms with Gasteiger partial charge in [-0.1, -0.05) is 44.9 Å². The van der Waals surface area contributed by atoms with E-state index in [1.54, 1.807) is 24.3 Å². The van der Waals surface area contributed by atoms with Crippen LogP contribution >= 0.6 is 0 Å². The predicted octanol–water partition coefficient (Wildman–Crippen LogP) is 4.70. The van der Waals surface area contributed by atoms with Crippen LogP contribution in [-0.4, -0.2) is 17.5 Å². The van der Waals surface area contributed by atoms with E-state index >= 15 is 0 Å². The van der Waals surface area contributed by atoms with Crippen LogP contribution in [0.2, 0.25) is 0 Å². The number of hydrogen-bond donors (Lipinski definition) is 1. The summed E-state index contributed by atoms with van der Waals surface area (Å²) >= 11 is 0. The maximum Gasteiger partial charge on any atom is 0.268 e. The van der Waals surface area contributed by atoms with Crippen LogP contribution in [0.3, 0.4) is 0 Å². The van der Waals surface area contributed by atoms with E-state index in [1.165, 1.54) is 18.3 Å². The van der Waals surface area contributed by atoms with Gasteiger partial charge in [-0.25, -0.2) is 16.8 Å². The van der Waals surface area contributed by atoms with Gasteiger partial charge in [0.1, 0.15) is 0 Å². The first-order valence-electron chi connectivity index (χ1n) is 8.68. The van der Waals surface area contributed by atoms with Gasteiger partial charge in [-0.2, -0.15) is 0 Å². The summed E-state index contributed by atoms with van der Waals surface area (Å²) in [6.07, 6.45) is 3.84. The molecule has 1 heterocycles. The molecule has 1 atom stereocenters. The first-order valence-corrected chi connectivity index (χ1v) is 10.1. The van der Waals surface area contributed by atoms with Crippen molar-refractivity contribution in [3.05, 3.63) is 60.0 Å². The second-order valence-electron chi connectivity index (χ2n) is 6.65. The number of hydrogen-bond acceptors (Lipinski definition) is 3.